The molecule has 1 amide bonds. The Morgan fingerprint density at radius 3 is 2.89 bits per heavy atom. The van der Waals surface area contributed by atoms with Crippen molar-refractivity contribution in [2.24, 2.45) is 5.92 Å². The number of nitrogens with one attached hydrogen (secondary N) is 1. The van der Waals surface area contributed by atoms with Gasteiger partial charge in [-0.3, -0.25) is 4.79 Å². The molecule has 0 saturated heterocycles. The van der Waals surface area contributed by atoms with E-state index in [0.717, 1.165) is 25.0 Å². The van der Waals surface area contributed by atoms with Crippen molar-refractivity contribution < 1.29 is 9.90 Å². The maximum absolute atomic E-state index is 12.0. The molecule has 1 fully saturated rings. The van der Waals surface area contributed by atoms with Crippen molar-refractivity contribution in [1.29, 1.82) is 0 Å². The Kier molecular flexibility index (Phi) is 3.91. The van der Waals surface area contributed by atoms with Gasteiger partial charge in [0, 0.05) is 12.5 Å². The summed E-state index contributed by atoms with van der Waals surface area (Å²) in [4.78, 5) is 12.0. The van der Waals surface area contributed by atoms with Crippen LogP contribution < -0.4 is 5.32 Å². The molecule has 0 spiro atoms. The lowest BCUT2D eigenvalue weighted by molar-refractivity contribution is 0.0915. The predicted octanol–water partition coefficient (Wildman–Crippen LogP) is 0.984. The van der Waals surface area contributed by atoms with Crippen LogP contribution in [0, 0.1) is 19.8 Å². The zero-order chi connectivity index (χ0) is 13.1. The van der Waals surface area contributed by atoms with E-state index in [-0.39, 0.29) is 17.9 Å². The van der Waals surface area contributed by atoms with E-state index in [1.165, 1.54) is 0 Å². The minimum Gasteiger partial charge on any atom is -0.393 e. The van der Waals surface area contributed by atoms with E-state index < -0.39 is 0 Å². The SMILES string of the molecule is Cc1cc(C(=O)NCC2CCCC2O)c(C)nn1. The van der Waals surface area contributed by atoms with Crippen molar-refractivity contribution in [2.45, 2.75) is 39.2 Å². The number of aryl methyl sites for hydroxylation is 2. The van der Waals surface area contributed by atoms with Gasteiger partial charge in [0.1, 0.15) is 0 Å². The van der Waals surface area contributed by atoms with Gasteiger partial charge in [-0.2, -0.15) is 10.2 Å². The smallest absolute Gasteiger partial charge is 0.253 e. The van der Waals surface area contributed by atoms with E-state index in [1.54, 1.807) is 13.0 Å². The van der Waals surface area contributed by atoms with Crippen LogP contribution >= 0.6 is 0 Å². The molecule has 1 aromatic rings. The van der Waals surface area contributed by atoms with Gasteiger partial charge in [-0.05, 0) is 32.8 Å². The van der Waals surface area contributed by atoms with Gasteiger partial charge in [0.15, 0.2) is 0 Å². The number of aliphatic hydroxyl groups excluding tert-OH is 1. The summed E-state index contributed by atoms with van der Waals surface area (Å²) in [5.74, 6) is 0.0507. The molecule has 18 heavy (non-hydrogen) atoms. The molecule has 0 aliphatic heterocycles. The molecule has 1 heterocycles. The zero-order valence-corrected chi connectivity index (χ0v) is 10.8. The summed E-state index contributed by atoms with van der Waals surface area (Å²) in [6, 6.07) is 1.74. The van der Waals surface area contributed by atoms with Crippen molar-refractivity contribution in [1.82, 2.24) is 15.5 Å². The molecule has 1 aliphatic carbocycles. The highest BCUT2D eigenvalue weighted by Gasteiger charge is 2.25. The van der Waals surface area contributed by atoms with Crippen LogP contribution in [-0.4, -0.2) is 33.9 Å². The third kappa shape index (κ3) is 2.85. The van der Waals surface area contributed by atoms with E-state index in [9.17, 15) is 9.90 Å². The summed E-state index contributed by atoms with van der Waals surface area (Å²) in [5, 5.41) is 20.4. The Balaban J connectivity index is 1.97. The average Bonchev–Trinajstić information content (AvgIpc) is 2.75. The van der Waals surface area contributed by atoms with Crippen LogP contribution in [0.1, 0.15) is 41.0 Å². The number of aromatic nitrogens is 2. The topological polar surface area (TPSA) is 75.1 Å². The molecule has 1 saturated carbocycles. The highest BCUT2D eigenvalue weighted by Crippen LogP contribution is 2.24. The fourth-order valence-electron chi connectivity index (χ4n) is 2.35. The van der Waals surface area contributed by atoms with E-state index >= 15 is 0 Å². The van der Waals surface area contributed by atoms with Crippen LogP contribution in [0.2, 0.25) is 0 Å². The van der Waals surface area contributed by atoms with E-state index in [0.29, 0.717) is 17.8 Å². The van der Waals surface area contributed by atoms with E-state index in [1.807, 2.05) is 6.92 Å². The number of amides is 1. The fraction of sp³-hybridized carbons (Fsp3) is 0.615. The Hall–Kier alpha value is -1.49. The predicted molar refractivity (Wildman–Crippen MR) is 67.2 cm³/mol. The highest BCUT2D eigenvalue weighted by atomic mass is 16.3. The van der Waals surface area contributed by atoms with Crippen LogP contribution in [0.25, 0.3) is 0 Å². The molecule has 5 heteroatoms. The van der Waals surface area contributed by atoms with Gasteiger partial charge in [0.2, 0.25) is 0 Å². The minimum absolute atomic E-state index is 0.135. The number of nitrogens with zero attached hydrogens (tertiary/aromatic N) is 2. The molecule has 2 unspecified atom stereocenters. The third-order valence-corrected chi connectivity index (χ3v) is 3.49. The van der Waals surface area contributed by atoms with Crippen LogP contribution in [0.5, 0.6) is 0 Å². The summed E-state index contributed by atoms with van der Waals surface area (Å²) in [7, 11) is 0. The minimum atomic E-state index is -0.274. The van der Waals surface area contributed by atoms with Crippen LogP contribution in [0.4, 0.5) is 0 Å². The standard InChI is InChI=1S/C13H19N3O2/c1-8-6-11(9(2)16-15-8)13(18)14-7-10-4-3-5-12(10)17/h6,10,12,17H,3-5,7H2,1-2H3,(H,14,18). The summed E-state index contributed by atoms with van der Waals surface area (Å²) >= 11 is 0. The molecule has 0 bridgehead atoms. The Morgan fingerprint density at radius 1 is 1.44 bits per heavy atom. The molecule has 0 aromatic carbocycles. The van der Waals surface area contributed by atoms with Crippen molar-refractivity contribution in [2.75, 3.05) is 6.54 Å². The first kappa shape index (κ1) is 13.0. The second kappa shape index (κ2) is 5.44. The third-order valence-electron chi connectivity index (χ3n) is 3.49. The monoisotopic (exact) mass is 249 g/mol. The second-order valence-electron chi connectivity index (χ2n) is 4.95. The number of carbonyl (C=O) groups is 1. The van der Waals surface area contributed by atoms with Crippen LogP contribution in [0.15, 0.2) is 6.07 Å². The molecule has 2 atom stereocenters. The first-order valence-corrected chi connectivity index (χ1v) is 6.35. The maximum Gasteiger partial charge on any atom is 0.253 e. The molecule has 5 nitrogen and oxygen atoms in total. The number of hydrogen-bond acceptors (Lipinski definition) is 4. The Bertz CT molecular complexity index is 448. The molecule has 1 aromatic heterocycles. The molecular formula is C13H19N3O2. The van der Waals surface area contributed by atoms with Gasteiger partial charge in [-0.15, -0.1) is 0 Å². The lowest BCUT2D eigenvalue weighted by Gasteiger charge is -2.15. The van der Waals surface area contributed by atoms with Crippen molar-refractivity contribution in [3.8, 4) is 0 Å². The molecule has 2 rings (SSSR count). The lowest BCUT2D eigenvalue weighted by Crippen LogP contribution is -2.33. The zero-order valence-electron chi connectivity index (χ0n) is 10.8. The van der Waals surface area contributed by atoms with Gasteiger partial charge in [-0.25, -0.2) is 0 Å². The lowest BCUT2D eigenvalue weighted by atomic mass is 10.1. The summed E-state index contributed by atoms with van der Waals surface area (Å²) < 4.78 is 0. The summed E-state index contributed by atoms with van der Waals surface area (Å²) in [5.41, 5.74) is 1.92. The number of hydrogen-bond donors (Lipinski definition) is 2. The van der Waals surface area contributed by atoms with Gasteiger partial charge < -0.3 is 10.4 Å². The van der Waals surface area contributed by atoms with E-state index in [4.69, 9.17) is 0 Å². The quantitative estimate of drug-likeness (QED) is 0.837. The first-order chi connectivity index (χ1) is 8.58. The molecule has 1 aliphatic rings. The van der Waals surface area contributed by atoms with Crippen LogP contribution in [0.3, 0.4) is 0 Å². The number of aliphatic hydroxyl groups is 1. The fourth-order valence-corrected chi connectivity index (χ4v) is 2.35. The van der Waals surface area contributed by atoms with Gasteiger partial charge in [0.05, 0.1) is 23.1 Å². The largest absolute Gasteiger partial charge is 0.393 e. The van der Waals surface area contributed by atoms with Gasteiger partial charge in [0.25, 0.3) is 5.91 Å². The number of rotatable bonds is 3. The second-order valence-corrected chi connectivity index (χ2v) is 4.95. The van der Waals surface area contributed by atoms with Gasteiger partial charge >= 0.3 is 0 Å². The average molecular weight is 249 g/mol. The molecular weight excluding hydrogens is 230 g/mol. The highest BCUT2D eigenvalue weighted by molar-refractivity contribution is 5.95. The van der Waals surface area contributed by atoms with Crippen molar-refractivity contribution in [3.63, 3.8) is 0 Å². The summed E-state index contributed by atoms with van der Waals surface area (Å²) in [6.07, 6.45) is 2.59. The Morgan fingerprint density at radius 2 is 2.22 bits per heavy atom. The molecule has 2 N–H and O–H groups in total. The van der Waals surface area contributed by atoms with Crippen LogP contribution in [-0.2, 0) is 0 Å². The van der Waals surface area contributed by atoms with Crippen molar-refractivity contribution in [3.05, 3.63) is 23.0 Å². The number of carbonyl (C=O) groups excluding carboxylic acids is 1. The first-order valence-electron chi connectivity index (χ1n) is 6.35. The molecule has 0 radical (unpaired) electrons. The normalized spacial score (nSPS) is 23.1. The maximum atomic E-state index is 12.0. The molecule has 98 valence electrons. The summed E-state index contributed by atoms with van der Waals surface area (Å²) in [6.45, 7) is 4.11. The van der Waals surface area contributed by atoms with E-state index in [2.05, 4.69) is 15.5 Å². The van der Waals surface area contributed by atoms with Crippen molar-refractivity contribution >= 4 is 5.91 Å². The Labute approximate surface area is 107 Å². The van der Waals surface area contributed by atoms with Gasteiger partial charge in [-0.1, -0.05) is 6.42 Å².